The average Bonchev–Trinajstić information content (AvgIpc) is 2.88. The first-order valence-electron chi connectivity index (χ1n) is 14.8. The van der Waals surface area contributed by atoms with E-state index in [1.54, 1.807) is 24.3 Å². The van der Waals surface area contributed by atoms with Crippen LogP contribution in [-0.2, 0) is 23.5 Å². The summed E-state index contributed by atoms with van der Waals surface area (Å²) in [5.74, 6) is 0.322. The van der Waals surface area contributed by atoms with Crippen molar-refractivity contribution in [3.8, 4) is 5.75 Å². The number of phenols is 1. The Morgan fingerprint density at radius 1 is 0.579 bits per heavy atom. The average molecular weight is 571 g/mol. The zero-order valence-electron chi connectivity index (χ0n) is 24.4. The molecule has 6 nitrogen and oxygen atoms in total. The van der Waals surface area contributed by atoms with Gasteiger partial charge in [0.15, 0.2) is 0 Å². The Balaban J connectivity index is -0.000000768. The van der Waals surface area contributed by atoms with Crippen LogP contribution in [0.1, 0.15) is 130 Å². The summed E-state index contributed by atoms with van der Waals surface area (Å²) in [6, 6.07) is 8.71. The quantitative estimate of drug-likeness (QED) is 0.111. The van der Waals surface area contributed by atoms with Gasteiger partial charge in [-0.15, -0.1) is 0 Å². The SMILES string of the molecule is CCCCCCCCCCCCOS(=O)(=O)OCCCCCCCC.CCOCC.Oc1ccccc1.[NaH]. The van der Waals surface area contributed by atoms with Crippen LogP contribution in [-0.4, -0.2) is 69.5 Å². The van der Waals surface area contributed by atoms with Gasteiger partial charge < -0.3 is 9.84 Å². The Morgan fingerprint density at radius 2 is 0.921 bits per heavy atom. The fourth-order valence-electron chi connectivity index (χ4n) is 3.46. The van der Waals surface area contributed by atoms with Gasteiger partial charge >= 0.3 is 40.0 Å². The predicted octanol–water partition coefficient (Wildman–Crippen LogP) is 8.33. The summed E-state index contributed by atoms with van der Waals surface area (Å²) in [7, 11) is -3.79. The van der Waals surface area contributed by atoms with Gasteiger partial charge in [0.2, 0.25) is 0 Å². The molecular weight excluding hydrogens is 511 g/mol. The number of para-hydroxylation sites is 1. The van der Waals surface area contributed by atoms with Crippen LogP contribution in [0.15, 0.2) is 30.3 Å². The molecule has 1 aromatic rings. The molecule has 222 valence electrons. The van der Waals surface area contributed by atoms with E-state index in [1.807, 2.05) is 19.9 Å². The van der Waals surface area contributed by atoms with E-state index in [9.17, 15) is 8.42 Å². The molecule has 0 amide bonds. The van der Waals surface area contributed by atoms with E-state index in [2.05, 4.69) is 13.8 Å². The summed E-state index contributed by atoms with van der Waals surface area (Å²) in [4.78, 5) is 0. The molecule has 0 saturated heterocycles. The van der Waals surface area contributed by atoms with Crippen LogP contribution in [0.4, 0.5) is 0 Å². The molecule has 0 aliphatic rings. The first-order valence-corrected chi connectivity index (χ1v) is 16.1. The van der Waals surface area contributed by atoms with Crippen LogP contribution < -0.4 is 0 Å². The number of hydrogen-bond donors (Lipinski definition) is 1. The van der Waals surface area contributed by atoms with Crippen molar-refractivity contribution < 1.29 is 26.6 Å². The third-order valence-corrected chi connectivity index (χ3v) is 6.53. The topological polar surface area (TPSA) is 82.1 Å². The number of unbranched alkanes of at least 4 members (excludes halogenated alkanes) is 14. The molecule has 8 heteroatoms. The Hall–Kier alpha value is -0.150. The van der Waals surface area contributed by atoms with Crippen LogP contribution in [0, 0.1) is 0 Å². The molecule has 0 saturated carbocycles. The standard InChI is InChI=1S/C20H42O4S.C6H6O.C4H10O.Na.H/c1-3-5-7-9-11-12-13-14-16-18-20-24-25(21,22)23-19-17-15-10-8-6-4-2;7-6-4-2-1-3-5-6;1-3-5-4-2;;/h3-20H2,1-2H3;1-5,7H;3-4H2,1-2H3;;. The summed E-state index contributed by atoms with van der Waals surface area (Å²) in [5.41, 5.74) is 0. The molecular formula is C30H59NaO6S. The van der Waals surface area contributed by atoms with Crippen molar-refractivity contribution >= 4 is 40.0 Å². The normalized spacial score (nSPS) is 10.5. The van der Waals surface area contributed by atoms with Crippen molar-refractivity contribution in [1.29, 1.82) is 0 Å². The second-order valence-electron chi connectivity index (χ2n) is 9.12. The molecule has 0 fully saturated rings. The van der Waals surface area contributed by atoms with Gasteiger partial charge in [0.1, 0.15) is 5.75 Å². The van der Waals surface area contributed by atoms with E-state index < -0.39 is 10.4 Å². The van der Waals surface area contributed by atoms with Gasteiger partial charge in [-0.25, -0.2) is 8.37 Å². The van der Waals surface area contributed by atoms with Gasteiger partial charge in [0, 0.05) is 13.2 Å². The molecule has 0 aromatic heterocycles. The number of hydrogen-bond acceptors (Lipinski definition) is 6. The Kier molecular flexibility index (Phi) is 38.8. The molecule has 1 aromatic carbocycles. The second kappa shape index (κ2) is 34.9. The molecule has 1 N–H and O–H groups in total. The van der Waals surface area contributed by atoms with E-state index in [0.717, 1.165) is 51.7 Å². The number of phenolic OH excluding ortho intramolecular Hbond substituents is 1. The van der Waals surface area contributed by atoms with Crippen LogP contribution in [0.25, 0.3) is 0 Å². The minimum atomic E-state index is -3.79. The molecule has 0 heterocycles. The number of rotatable bonds is 22. The van der Waals surface area contributed by atoms with Crippen LogP contribution in [0.2, 0.25) is 0 Å². The van der Waals surface area contributed by atoms with E-state index >= 15 is 0 Å². The molecule has 0 atom stereocenters. The van der Waals surface area contributed by atoms with Gasteiger partial charge in [-0.3, -0.25) is 0 Å². The van der Waals surface area contributed by atoms with E-state index in [-0.39, 0.29) is 42.8 Å². The summed E-state index contributed by atoms with van der Waals surface area (Å²) in [6.07, 6.45) is 18.9. The zero-order valence-corrected chi connectivity index (χ0v) is 25.2. The first kappa shape index (κ1) is 42.3. The number of benzene rings is 1. The zero-order chi connectivity index (χ0) is 27.9. The van der Waals surface area contributed by atoms with Gasteiger partial charge in [0.05, 0.1) is 13.2 Å². The maximum atomic E-state index is 11.6. The summed E-state index contributed by atoms with van der Waals surface area (Å²) in [5, 5.41) is 8.63. The molecule has 0 aliphatic carbocycles. The van der Waals surface area contributed by atoms with Crippen LogP contribution in [0.5, 0.6) is 5.75 Å². The Bertz CT molecular complexity index is 641. The molecule has 0 spiro atoms. The van der Waals surface area contributed by atoms with Gasteiger partial charge in [-0.05, 0) is 38.8 Å². The van der Waals surface area contributed by atoms with E-state index in [1.165, 1.54) is 64.2 Å². The summed E-state index contributed by atoms with van der Waals surface area (Å²) < 4.78 is 37.8. The van der Waals surface area contributed by atoms with Crippen molar-refractivity contribution in [3.05, 3.63) is 30.3 Å². The van der Waals surface area contributed by atoms with Crippen molar-refractivity contribution in [2.75, 3.05) is 26.4 Å². The fourth-order valence-corrected chi connectivity index (χ4v) is 4.17. The molecule has 0 unspecified atom stereocenters. The monoisotopic (exact) mass is 570 g/mol. The van der Waals surface area contributed by atoms with Gasteiger partial charge in [0.25, 0.3) is 0 Å². The fraction of sp³-hybridized carbons (Fsp3) is 0.800. The molecule has 0 radical (unpaired) electrons. The predicted molar refractivity (Wildman–Crippen MR) is 163 cm³/mol. The number of aromatic hydroxyl groups is 1. The van der Waals surface area contributed by atoms with Gasteiger partial charge in [-0.1, -0.05) is 122 Å². The van der Waals surface area contributed by atoms with E-state index in [0.29, 0.717) is 5.75 Å². The third-order valence-electron chi connectivity index (χ3n) is 5.62. The van der Waals surface area contributed by atoms with Crippen molar-refractivity contribution in [3.63, 3.8) is 0 Å². The minimum absolute atomic E-state index is 0. The van der Waals surface area contributed by atoms with Crippen molar-refractivity contribution in [2.45, 2.75) is 130 Å². The molecule has 38 heavy (non-hydrogen) atoms. The summed E-state index contributed by atoms with van der Waals surface area (Å²) >= 11 is 0. The maximum absolute atomic E-state index is 11.6. The Morgan fingerprint density at radius 3 is 1.18 bits per heavy atom. The molecule has 0 bridgehead atoms. The molecule has 1 rings (SSSR count). The van der Waals surface area contributed by atoms with E-state index in [4.69, 9.17) is 18.2 Å². The van der Waals surface area contributed by atoms with Crippen LogP contribution >= 0.6 is 0 Å². The van der Waals surface area contributed by atoms with Crippen molar-refractivity contribution in [2.24, 2.45) is 0 Å². The van der Waals surface area contributed by atoms with Crippen molar-refractivity contribution in [1.82, 2.24) is 0 Å². The summed E-state index contributed by atoms with van der Waals surface area (Å²) in [6.45, 7) is 10.6. The molecule has 0 aliphatic heterocycles. The van der Waals surface area contributed by atoms with Crippen LogP contribution in [0.3, 0.4) is 0 Å². The third kappa shape index (κ3) is 38.0. The number of ether oxygens (including phenoxy) is 1. The second-order valence-corrected chi connectivity index (χ2v) is 10.4. The van der Waals surface area contributed by atoms with Gasteiger partial charge in [-0.2, -0.15) is 8.42 Å². The Labute approximate surface area is 258 Å². The first-order chi connectivity index (χ1) is 17.9.